The van der Waals surface area contributed by atoms with Crippen LogP contribution in [-0.4, -0.2) is 49.7 Å². The summed E-state index contributed by atoms with van der Waals surface area (Å²) in [7, 11) is -3.55. The van der Waals surface area contributed by atoms with Gasteiger partial charge in [-0.2, -0.15) is 4.31 Å². The molecule has 3 rings (SSSR count). The molecule has 0 saturated carbocycles. The van der Waals surface area contributed by atoms with E-state index >= 15 is 0 Å². The molecule has 1 heterocycles. The lowest BCUT2D eigenvalue weighted by molar-refractivity contribution is 0.1000. The van der Waals surface area contributed by atoms with Crippen molar-refractivity contribution in [3.8, 4) is 0 Å². The van der Waals surface area contributed by atoms with Crippen LogP contribution >= 0.6 is 0 Å². The van der Waals surface area contributed by atoms with Crippen LogP contribution in [0.15, 0.2) is 53.4 Å². The Morgan fingerprint density at radius 2 is 1.69 bits per heavy atom. The first kappa shape index (κ1) is 18.6. The normalized spacial score (nSPS) is 16.5. The van der Waals surface area contributed by atoms with E-state index in [1.165, 1.54) is 39.7 Å². The number of aryl methyl sites for hydroxylation is 1. The second-order valence-corrected chi connectivity index (χ2v) is 8.50. The molecule has 138 valence electrons. The molecule has 7 heteroatoms. The monoisotopic (exact) mass is 373 g/mol. The minimum atomic E-state index is -3.55. The van der Waals surface area contributed by atoms with Crippen LogP contribution in [0.3, 0.4) is 0 Å². The summed E-state index contributed by atoms with van der Waals surface area (Å²) in [5.41, 5.74) is 7.96. The van der Waals surface area contributed by atoms with Gasteiger partial charge in [0.2, 0.25) is 15.9 Å². The predicted molar refractivity (Wildman–Crippen MR) is 100 cm³/mol. The van der Waals surface area contributed by atoms with E-state index in [0.29, 0.717) is 31.7 Å². The van der Waals surface area contributed by atoms with Crippen molar-refractivity contribution >= 4 is 15.9 Å². The van der Waals surface area contributed by atoms with E-state index in [1.807, 2.05) is 6.07 Å². The Morgan fingerprint density at radius 1 is 1.04 bits per heavy atom. The van der Waals surface area contributed by atoms with Crippen LogP contribution < -0.4 is 5.73 Å². The van der Waals surface area contributed by atoms with Crippen molar-refractivity contribution in [2.45, 2.75) is 18.4 Å². The van der Waals surface area contributed by atoms with Crippen LogP contribution in [0.1, 0.15) is 21.5 Å². The minimum absolute atomic E-state index is 0.189. The Labute approximate surface area is 154 Å². The molecular formula is C19H23N3O3S. The van der Waals surface area contributed by atoms with Crippen LogP contribution in [0, 0.1) is 6.92 Å². The first-order valence-electron chi connectivity index (χ1n) is 8.54. The number of piperazine rings is 1. The summed E-state index contributed by atoms with van der Waals surface area (Å²) < 4.78 is 27.0. The maximum atomic E-state index is 12.8. The van der Waals surface area contributed by atoms with E-state index in [0.717, 1.165) is 6.54 Å². The fourth-order valence-electron chi connectivity index (χ4n) is 3.14. The van der Waals surface area contributed by atoms with Crippen molar-refractivity contribution in [3.63, 3.8) is 0 Å². The number of carbonyl (C=O) groups excluding carboxylic acids is 1. The molecule has 26 heavy (non-hydrogen) atoms. The Kier molecular flexibility index (Phi) is 5.41. The van der Waals surface area contributed by atoms with Gasteiger partial charge in [-0.15, -0.1) is 0 Å². The van der Waals surface area contributed by atoms with Gasteiger partial charge in [-0.1, -0.05) is 29.8 Å². The van der Waals surface area contributed by atoms with Gasteiger partial charge in [0.1, 0.15) is 0 Å². The van der Waals surface area contributed by atoms with Gasteiger partial charge in [0.15, 0.2) is 0 Å². The molecule has 2 N–H and O–H groups in total. The molecular weight excluding hydrogens is 350 g/mol. The maximum Gasteiger partial charge on any atom is 0.248 e. The number of nitrogens with zero attached hydrogens (tertiary/aromatic N) is 2. The Bertz CT molecular complexity index is 887. The van der Waals surface area contributed by atoms with E-state index in [2.05, 4.69) is 30.0 Å². The molecule has 1 aliphatic rings. The number of sulfonamides is 1. The number of benzene rings is 2. The minimum Gasteiger partial charge on any atom is -0.366 e. The second kappa shape index (κ2) is 7.57. The Balaban J connectivity index is 1.64. The molecule has 0 spiro atoms. The van der Waals surface area contributed by atoms with Crippen LogP contribution in [0.25, 0.3) is 0 Å². The van der Waals surface area contributed by atoms with Gasteiger partial charge in [0.25, 0.3) is 0 Å². The van der Waals surface area contributed by atoms with Crippen LogP contribution in [0.2, 0.25) is 0 Å². The zero-order chi connectivity index (χ0) is 18.7. The van der Waals surface area contributed by atoms with Crippen LogP contribution in [0.4, 0.5) is 0 Å². The Morgan fingerprint density at radius 3 is 2.27 bits per heavy atom. The average Bonchev–Trinajstić information content (AvgIpc) is 2.62. The average molecular weight is 373 g/mol. The third kappa shape index (κ3) is 4.12. The van der Waals surface area contributed by atoms with Gasteiger partial charge >= 0.3 is 0 Å². The van der Waals surface area contributed by atoms with E-state index in [-0.39, 0.29) is 4.90 Å². The van der Waals surface area contributed by atoms with Crippen molar-refractivity contribution < 1.29 is 13.2 Å². The fraction of sp³-hybridized carbons (Fsp3) is 0.316. The lowest BCUT2D eigenvalue weighted by atomic mass is 10.1. The van der Waals surface area contributed by atoms with E-state index in [9.17, 15) is 13.2 Å². The maximum absolute atomic E-state index is 12.8. The number of hydrogen-bond acceptors (Lipinski definition) is 4. The number of hydrogen-bond donors (Lipinski definition) is 1. The van der Waals surface area contributed by atoms with Crippen molar-refractivity contribution in [1.29, 1.82) is 0 Å². The summed E-state index contributed by atoms with van der Waals surface area (Å²) in [5, 5.41) is 0. The topological polar surface area (TPSA) is 83.7 Å². The number of carbonyl (C=O) groups is 1. The molecule has 1 amide bonds. The van der Waals surface area contributed by atoms with Gasteiger partial charge in [0.05, 0.1) is 4.90 Å². The third-order valence-corrected chi connectivity index (χ3v) is 6.51. The molecule has 2 aromatic rings. The molecule has 0 aromatic heterocycles. The zero-order valence-electron chi connectivity index (χ0n) is 14.8. The summed E-state index contributed by atoms with van der Waals surface area (Å²) in [6.45, 7) is 5.16. The quantitative estimate of drug-likeness (QED) is 0.863. The third-order valence-electron chi connectivity index (χ3n) is 4.60. The van der Waals surface area contributed by atoms with Crippen molar-refractivity contribution in [1.82, 2.24) is 9.21 Å². The highest BCUT2D eigenvalue weighted by Crippen LogP contribution is 2.19. The molecule has 0 aliphatic carbocycles. The first-order valence-corrected chi connectivity index (χ1v) is 9.98. The SMILES string of the molecule is Cc1cccc(CN2CCN(S(=O)(=O)c3ccc(C(N)=O)cc3)CC2)c1. The molecule has 0 atom stereocenters. The standard InChI is InChI=1S/C19H23N3O3S/c1-15-3-2-4-16(13-15)14-21-9-11-22(12-10-21)26(24,25)18-7-5-17(6-8-18)19(20)23/h2-8,13H,9-12,14H2,1H3,(H2,20,23). The van der Waals surface area contributed by atoms with E-state index in [4.69, 9.17) is 5.73 Å². The highest BCUT2D eigenvalue weighted by Gasteiger charge is 2.28. The van der Waals surface area contributed by atoms with Gasteiger partial charge in [-0.05, 0) is 36.8 Å². The molecule has 2 aromatic carbocycles. The Hall–Kier alpha value is -2.22. The summed E-state index contributed by atoms with van der Waals surface area (Å²) >= 11 is 0. The summed E-state index contributed by atoms with van der Waals surface area (Å²) in [6.07, 6.45) is 0. The van der Waals surface area contributed by atoms with Crippen molar-refractivity contribution in [3.05, 3.63) is 65.2 Å². The van der Waals surface area contributed by atoms with Crippen LogP contribution in [-0.2, 0) is 16.6 Å². The number of nitrogens with two attached hydrogens (primary N) is 1. The van der Waals surface area contributed by atoms with Gasteiger partial charge in [-0.25, -0.2) is 8.42 Å². The van der Waals surface area contributed by atoms with Gasteiger partial charge in [-0.3, -0.25) is 9.69 Å². The zero-order valence-corrected chi connectivity index (χ0v) is 15.6. The van der Waals surface area contributed by atoms with Gasteiger partial charge < -0.3 is 5.73 Å². The highest BCUT2D eigenvalue weighted by molar-refractivity contribution is 7.89. The molecule has 1 fully saturated rings. The number of rotatable bonds is 5. The summed E-state index contributed by atoms with van der Waals surface area (Å²) in [4.78, 5) is 13.6. The predicted octanol–water partition coefficient (Wildman–Crippen LogP) is 1.60. The smallest absolute Gasteiger partial charge is 0.248 e. The second-order valence-electron chi connectivity index (χ2n) is 6.56. The largest absolute Gasteiger partial charge is 0.366 e. The lowest BCUT2D eigenvalue weighted by Gasteiger charge is -2.34. The summed E-state index contributed by atoms with van der Waals surface area (Å²) in [6, 6.07) is 14.1. The van der Waals surface area contributed by atoms with Crippen molar-refractivity contribution in [2.75, 3.05) is 26.2 Å². The molecule has 6 nitrogen and oxygen atoms in total. The van der Waals surface area contributed by atoms with E-state index in [1.54, 1.807) is 0 Å². The molecule has 0 bridgehead atoms. The van der Waals surface area contributed by atoms with Gasteiger partial charge in [0, 0.05) is 38.3 Å². The molecule has 1 saturated heterocycles. The first-order chi connectivity index (χ1) is 12.4. The summed E-state index contributed by atoms with van der Waals surface area (Å²) in [5.74, 6) is -0.571. The fourth-order valence-corrected chi connectivity index (χ4v) is 4.56. The number of amides is 1. The van der Waals surface area contributed by atoms with Crippen LogP contribution in [0.5, 0.6) is 0 Å². The van der Waals surface area contributed by atoms with Crippen molar-refractivity contribution in [2.24, 2.45) is 5.73 Å². The number of primary amides is 1. The lowest BCUT2D eigenvalue weighted by Crippen LogP contribution is -2.48. The van der Waals surface area contributed by atoms with E-state index < -0.39 is 15.9 Å². The molecule has 1 aliphatic heterocycles. The molecule has 0 unspecified atom stereocenters. The molecule has 0 radical (unpaired) electrons. The highest BCUT2D eigenvalue weighted by atomic mass is 32.2.